The van der Waals surface area contributed by atoms with E-state index >= 15 is 0 Å². The summed E-state index contributed by atoms with van der Waals surface area (Å²) in [4.78, 5) is 43.7. The monoisotopic (exact) mass is 454 g/mol. The van der Waals surface area contributed by atoms with E-state index in [0.29, 0.717) is 34.4 Å². The third-order valence-corrected chi connectivity index (χ3v) is 5.58. The number of rotatable bonds is 6. The smallest absolute Gasteiger partial charge is 0.278 e. The molecule has 0 aliphatic carbocycles. The number of hydrogen-bond donors (Lipinski definition) is 2. The van der Waals surface area contributed by atoms with E-state index in [-0.39, 0.29) is 17.5 Å². The van der Waals surface area contributed by atoms with Gasteiger partial charge in [0.15, 0.2) is 0 Å². The molecule has 4 aromatic rings. The topological polar surface area (TPSA) is 93.1 Å². The number of anilines is 2. The number of aromatic nitrogens is 2. The number of aryl methyl sites for hydroxylation is 1. The molecule has 1 aromatic heterocycles. The van der Waals surface area contributed by atoms with E-state index in [1.807, 2.05) is 62.4 Å². The minimum absolute atomic E-state index is 0.178. The van der Waals surface area contributed by atoms with Crippen LogP contribution in [0.4, 0.5) is 11.4 Å². The minimum Gasteiger partial charge on any atom is -0.326 e. The predicted octanol–water partition coefficient (Wildman–Crippen LogP) is 4.92. The quantitative estimate of drug-likeness (QED) is 0.432. The van der Waals surface area contributed by atoms with Crippen LogP contribution in [0, 0.1) is 6.92 Å². The Morgan fingerprint density at radius 2 is 1.68 bits per heavy atom. The zero-order valence-electron chi connectivity index (χ0n) is 19.3. The average molecular weight is 455 g/mol. The van der Waals surface area contributed by atoms with Gasteiger partial charge in [-0.3, -0.25) is 19.0 Å². The number of fused-ring (bicyclic) bond motifs is 1. The first-order chi connectivity index (χ1) is 16.4. The Morgan fingerprint density at radius 1 is 0.971 bits per heavy atom. The number of para-hydroxylation sites is 3. The molecule has 0 aliphatic rings. The van der Waals surface area contributed by atoms with Crippen molar-refractivity contribution in [2.45, 2.75) is 33.2 Å². The number of benzene rings is 3. The lowest BCUT2D eigenvalue weighted by Crippen LogP contribution is -2.34. The van der Waals surface area contributed by atoms with E-state index < -0.39 is 11.6 Å². The van der Waals surface area contributed by atoms with Crippen LogP contribution < -0.4 is 16.2 Å². The summed E-state index contributed by atoms with van der Waals surface area (Å²) in [6.07, 6.45) is 0.401. The molecule has 1 heterocycles. The Labute approximate surface area is 197 Å². The Balaban J connectivity index is 1.93. The summed E-state index contributed by atoms with van der Waals surface area (Å²) in [5.41, 5.74) is 3.51. The number of carbonyl (C=O) groups excluding carboxylic acids is 2. The molecule has 2 amide bonds. The molecular formula is C27H26N4O3. The third-order valence-electron chi connectivity index (χ3n) is 5.58. The Morgan fingerprint density at radius 3 is 2.38 bits per heavy atom. The Bertz CT molecular complexity index is 1430. The number of nitrogens with one attached hydrogen (secondary N) is 2. The van der Waals surface area contributed by atoms with E-state index in [1.165, 1.54) is 11.5 Å². The molecule has 0 bridgehead atoms. The van der Waals surface area contributed by atoms with Gasteiger partial charge in [-0.25, -0.2) is 4.98 Å². The predicted molar refractivity (Wildman–Crippen MR) is 135 cm³/mol. The van der Waals surface area contributed by atoms with Gasteiger partial charge in [0, 0.05) is 18.2 Å². The highest BCUT2D eigenvalue weighted by Crippen LogP contribution is 2.28. The van der Waals surface area contributed by atoms with Gasteiger partial charge in [-0.05, 0) is 49.7 Å². The molecule has 0 saturated heterocycles. The van der Waals surface area contributed by atoms with Gasteiger partial charge in [0.2, 0.25) is 11.8 Å². The van der Waals surface area contributed by atoms with Crippen LogP contribution in [0.5, 0.6) is 0 Å². The van der Waals surface area contributed by atoms with E-state index in [9.17, 15) is 14.4 Å². The highest BCUT2D eigenvalue weighted by Gasteiger charge is 2.25. The maximum Gasteiger partial charge on any atom is 0.278 e. The van der Waals surface area contributed by atoms with Gasteiger partial charge in [0.1, 0.15) is 11.7 Å². The van der Waals surface area contributed by atoms with Gasteiger partial charge in [0.05, 0.1) is 16.7 Å². The third kappa shape index (κ3) is 4.59. The lowest BCUT2D eigenvalue weighted by atomic mass is 10.0. The van der Waals surface area contributed by atoms with E-state index in [1.54, 1.807) is 24.3 Å². The molecular weight excluding hydrogens is 428 g/mol. The van der Waals surface area contributed by atoms with Crippen LogP contribution in [0.2, 0.25) is 0 Å². The summed E-state index contributed by atoms with van der Waals surface area (Å²) in [5, 5.41) is 5.70. The maximum atomic E-state index is 13.9. The minimum atomic E-state index is -0.756. The van der Waals surface area contributed by atoms with Crippen LogP contribution in [-0.4, -0.2) is 21.4 Å². The normalized spacial score (nSPS) is 11.7. The molecule has 0 radical (unpaired) electrons. The lowest BCUT2D eigenvalue weighted by Gasteiger charge is -2.21. The molecule has 0 fully saturated rings. The summed E-state index contributed by atoms with van der Waals surface area (Å²) >= 11 is 0. The molecule has 7 nitrogen and oxygen atoms in total. The van der Waals surface area contributed by atoms with E-state index in [2.05, 4.69) is 15.6 Å². The zero-order valence-corrected chi connectivity index (χ0v) is 19.3. The first kappa shape index (κ1) is 22.9. The first-order valence-corrected chi connectivity index (χ1v) is 11.1. The Kier molecular flexibility index (Phi) is 6.54. The average Bonchev–Trinajstić information content (AvgIpc) is 2.82. The van der Waals surface area contributed by atoms with Crippen LogP contribution in [0.15, 0.2) is 77.6 Å². The SMILES string of the molecule is CC[C@H](C(=O)Nc1ccccc1)n1c(=O)c(-c2cc(C)ccc2NC(C)=O)nc2ccccc21. The van der Waals surface area contributed by atoms with Crippen molar-refractivity contribution in [2.24, 2.45) is 0 Å². The Hall–Kier alpha value is -4.26. The number of hydrogen-bond acceptors (Lipinski definition) is 4. The highest BCUT2D eigenvalue weighted by molar-refractivity contribution is 5.96. The molecule has 7 heteroatoms. The van der Waals surface area contributed by atoms with Crippen LogP contribution in [0.25, 0.3) is 22.3 Å². The van der Waals surface area contributed by atoms with Crippen molar-refractivity contribution < 1.29 is 9.59 Å². The summed E-state index contributed by atoms with van der Waals surface area (Å²) in [6, 6.07) is 21.1. The molecule has 0 spiro atoms. The zero-order chi connectivity index (χ0) is 24.2. The summed E-state index contributed by atoms with van der Waals surface area (Å²) < 4.78 is 1.51. The maximum absolute atomic E-state index is 13.9. The second kappa shape index (κ2) is 9.70. The molecule has 0 aliphatic heterocycles. The van der Waals surface area contributed by atoms with Gasteiger partial charge in [-0.1, -0.05) is 48.9 Å². The number of carbonyl (C=O) groups is 2. The van der Waals surface area contributed by atoms with Crippen LogP contribution in [0.3, 0.4) is 0 Å². The molecule has 1 atom stereocenters. The van der Waals surface area contributed by atoms with Crippen molar-refractivity contribution in [1.29, 1.82) is 0 Å². The largest absolute Gasteiger partial charge is 0.326 e. The molecule has 3 aromatic carbocycles. The van der Waals surface area contributed by atoms with Gasteiger partial charge in [-0.15, -0.1) is 0 Å². The fourth-order valence-electron chi connectivity index (χ4n) is 4.02. The van der Waals surface area contributed by atoms with Crippen molar-refractivity contribution in [2.75, 3.05) is 10.6 Å². The lowest BCUT2D eigenvalue weighted by molar-refractivity contribution is -0.119. The number of nitrogens with zero attached hydrogens (tertiary/aromatic N) is 2. The molecule has 0 saturated carbocycles. The van der Waals surface area contributed by atoms with Crippen molar-refractivity contribution in [3.8, 4) is 11.3 Å². The van der Waals surface area contributed by atoms with Gasteiger partial charge in [0.25, 0.3) is 5.56 Å². The van der Waals surface area contributed by atoms with Gasteiger partial charge < -0.3 is 10.6 Å². The summed E-state index contributed by atoms with van der Waals surface area (Å²) in [5.74, 6) is -0.538. The first-order valence-electron chi connectivity index (χ1n) is 11.1. The standard InChI is InChI=1S/C27H26N4O3/c1-4-23(26(33)29-19-10-6-5-7-11-19)31-24-13-9-8-12-22(24)30-25(27(31)34)20-16-17(2)14-15-21(20)28-18(3)32/h5-16,23H,4H2,1-3H3,(H,28,32)(H,29,33)/t23-/m1/s1. The van der Waals surface area contributed by atoms with Crippen LogP contribution in [-0.2, 0) is 9.59 Å². The highest BCUT2D eigenvalue weighted by atomic mass is 16.2. The molecule has 0 unspecified atom stereocenters. The number of amides is 2. The van der Waals surface area contributed by atoms with Crippen molar-refractivity contribution in [1.82, 2.24) is 9.55 Å². The van der Waals surface area contributed by atoms with Crippen LogP contribution >= 0.6 is 0 Å². The molecule has 2 N–H and O–H groups in total. The van der Waals surface area contributed by atoms with Gasteiger partial charge >= 0.3 is 0 Å². The summed E-state index contributed by atoms with van der Waals surface area (Å²) in [7, 11) is 0. The van der Waals surface area contributed by atoms with Crippen molar-refractivity contribution in [3.63, 3.8) is 0 Å². The van der Waals surface area contributed by atoms with Crippen molar-refractivity contribution in [3.05, 3.63) is 88.7 Å². The van der Waals surface area contributed by atoms with Crippen molar-refractivity contribution >= 4 is 34.2 Å². The second-order valence-electron chi connectivity index (χ2n) is 8.13. The van der Waals surface area contributed by atoms with E-state index in [4.69, 9.17) is 0 Å². The second-order valence-corrected chi connectivity index (χ2v) is 8.13. The molecule has 172 valence electrons. The fourth-order valence-corrected chi connectivity index (χ4v) is 4.02. The molecule has 4 rings (SSSR count). The van der Waals surface area contributed by atoms with Crippen LogP contribution in [0.1, 0.15) is 31.9 Å². The summed E-state index contributed by atoms with van der Waals surface area (Å²) in [6.45, 7) is 5.19. The molecule has 34 heavy (non-hydrogen) atoms. The van der Waals surface area contributed by atoms with Gasteiger partial charge in [-0.2, -0.15) is 0 Å². The fraction of sp³-hybridized carbons (Fsp3) is 0.185. The van der Waals surface area contributed by atoms with E-state index in [0.717, 1.165) is 5.56 Å².